The van der Waals surface area contributed by atoms with Crippen molar-refractivity contribution in [3.63, 3.8) is 0 Å². The number of guanidine groups is 1. The largest absolute Gasteiger partial charge is 0.463 e. The van der Waals surface area contributed by atoms with Gasteiger partial charge in [0.1, 0.15) is 12.9 Å². The second kappa shape index (κ2) is 13.9. The van der Waals surface area contributed by atoms with E-state index < -0.39 is 71.4 Å². The number of aliphatic imine (C=N–C) groups is 1. The fourth-order valence-corrected chi connectivity index (χ4v) is 7.04. The van der Waals surface area contributed by atoms with E-state index in [9.17, 15) is 31.5 Å². The van der Waals surface area contributed by atoms with Crippen LogP contribution in [-0.4, -0.2) is 59.8 Å². The number of carbonyl (C=O) groups is 2. The quantitative estimate of drug-likeness (QED) is 0.108. The minimum Gasteiger partial charge on any atom is -0.463 e. The molecule has 2 aromatic carbocycles. The number of amides is 1. The second-order valence-corrected chi connectivity index (χ2v) is 15.4. The van der Waals surface area contributed by atoms with Gasteiger partial charge in [0, 0.05) is 17.2 Å². The molecule has 2 aliphatic rings. The van der Waals surface area contributed by atoms with Gasteiger partial charge >= 0.3 is 5.97 Å². The van der Waals surface area contributed by atoms with E-state index in [4.69, 9.17) is 27.1 Å². The van der Waals surface area contributed by atoms with E-state index in [0.717, 1.165) is 27.5 Å². The Bertz CT molecular complexity index is 2120. The number of benzene rings is 2. The zero-order valence-electron chi connectivity index (χ0n) is 29.9. The van der Waals surface area contributed by atoms with Gasteiger partial charge in [0.2, 0.25) is 5.95 Å². The topological polar surface area (TPSA) is 134 Å². The van der Waals surface area contributed by atoms with Gasteiger partial charge in [0.15, 0.2) is 17.3 Å². The third-order valence-electron chi connectivity index (χ3n) is 9.77. The Labute approximate surface area is 312 Å². The van der Waals surface area contributed by atoms with E-state index in [-0.39, 0.29) is 41.5 Å². The molecule has 1 amide bonds. The van der Waals surface area contributed by atoms with Gasteiger partial charge in [-0.2, -0.15) is 14.6 Å². The number of rotatable bonds is 13. The maximum absolute atomic E-state index is 15.0. The van der Waals surface area contributed by atoms with Crippen molar-refractivity contribution in [3.05, 3.63) is 89.7 Å². The molecule has 0 spiro atoms. The highest BCUT2D eigenvalue weighted by molar-refractivity contribution is 6.32. The summed E-state index contributed by atoms with van der Waals surface area (Å²) in [6, 6.07) is 9.91. The third kappa shape index (κ3) is 7.35. The lowest BCUT2D eigenvalue weighted by atomic mass is 9.75. The van der Waals surface area contributed by atoms with Crippen LogP contribution in [0.1, 0.15) is 82.8 Å². The first-order valence-corrected chi connectivity index (χ1v) is 17.3. The molecule has 3 heterocycles. The number of ether oxygens (including phenoxy) is 1. The Morgan fingerprint density at radius 3 is 2.33 bits per heavy atom. The smallest absolute Gasteiger partial charge is 0.306 e. The highest BCUT2D eigenvalue weighted by Gasteiger charge is 2.60. The molecule has 1 saturated carbocycles. The van der Waals surface area contributed by atoms with E-state index in [1.807, 2.05) is 20.8 Å². The number of hydrogen-bond acceptors (Lipinski definition) is 8. The first-order chi connectivity index (χ1) is 25.2. The van der Waals surface area contributed by atoms with Gasteiger partial charge in [-0.25, -0.2) is 36.9 Å². The van der Waals surface area contributed by atoms with E-state index in [1.165, 1.54) is 30.6 Å². The van der Waals surface area contributed by atoms with E-state index >= 15 is 0 Å². The third-order valence-corrected chi connectivity index (χ3v) is 10.1. The highest BCUT2D eigenvalue weighted by atomic mass is 35.5. The lowest BCUT2D eigenvalue weighted by Crippen LogP contribution is -2.47. The molecule has 54 heavy (non-hydrogen) atoms. The van der Waals surface area contributed by atoms with Crippen LogP contribution in [0.4, 0.5) is 22.0 Å². The Kier molecular flexibility index (Phi) is 9.97. The number of alkyl halides is 4. The van der Waals surface area contributed by atoms with Crippen LogP contribution in [0.15, 0.2) is 72.8 Å². The molecule has 2 N–H and O–H groups in total. The monoisotopic (exact) mass is 772 g/mol. The molecule has 2 aromatic heterocycles. The van der Waals surface area contributed by atoms with Crippen molar-refractivity contribution in [2.45, 2.75) is 77.3 Å². The zero-order valence-corrected chi connectivity index (χ0v) is 30.6. The first-order valence-electron chi connectivity index (χ1n) is 17.0. The summed E-state index contributed by atoms with van der Waals surface area (Å²) in [5.74, 6) is -6.31. The lowest BCUT2D eigenvalue weighted by molar-refractivity contribution is -0.153. The van der Waals surface area contributed by atoms with Crippen molar-refractivity contribution < 1.29 is 36.3 Å². The molecule has 17 heteroatoms. The average molecular weight is 773 g/mol. The van der Waals surface area contributed by atoms with Crippen molar-refractivity contribution in [2.24, 2.45) is 21.6 Å². The van der Waals surface area contributed by atoms with Gasteiger partial charge in [-0.1, -0.05) is 62.7 Å². The van der Waals surface area contributed by atoms with Crippen molar-refractivity contribution in [3.8, 4) is 16.8 Å². The van der Waals surface area contributed by atoms with Crippen LogP contribution in [0.5, 0.6) is 0 Å². The van der Waals surface area contributed by atoms with Gasteiger partial charge < -0.3 is 10.5 Å². The van der Waals surface area contributed by atoms with Crippen LogP contribution in [0.3, 0.4) is 0 Å². The Hall–Kier alpha value is -5.12. The normalized spacial score (nSPS) is 18.9. The summed E-state index contributed by atoms with van der Waals surface area (Å²) in [4.78, 5) is 37.7. The van der Waals surface area contributed by atoms with Crippen LogP contribution in [-0.2, 0) is 19.9 Å². The van der Waals surface area contributed by atoms with Crippen LogP contribution < -0.4 is 5.73 Å². The summed E-state index contributed by atoms with van der Waals surface area (Å²) in [5.41, 5.74) is 4.92. The molecule has 11 nitrogen and oxygen atoms in total. The van der Waals surface area contributed by atoms with Crippen LogP contribution >= 0.6 is 11.6 Å². The molecule has 0 bridgehead atoms. The number of aromatic nitrogens is 5. The molecule has 1 aliphatic carbocycles. The summed E-state index contributed by atoms with van der Waals surface area (Å²) in [6.45, 7) is 9.22. The molecular formula is C37H38ClF5N8O3. The molecule has 286 valence electrons. The van der Waals surface area contributed by atoms with Crippen LogP contribution in [0.25, 0.3) is 22.8 Å². The van der Waals surface area contributed by atoms with Gasteiger partial charge in [0.05, 0.1) is 29.4 Å². The van der Waals surface area contributed by atoms with Crippen molar-refractivity contribution in [2.75, 3.05) is 6.61 Å². The number of hydrogen-bond donors (Lipinski definition) is 1. The minimum atomic E-state index is -3.12. The van der Waals surface area contributed by atoms with Crippen molar-refractivity contribution in [1.29, 1.82) is 0 Å². The summed E-state index contributed by atoms with van der Waals surface area (Å²) < 4.78 is 77.6. The van der Waals surface area contributed by atoms with Crippen LogP contribution in [0.2, 0.25) is 5.02 Å². The Morgan fingerprint density at radius 2 is 1.76 bits per heavy atom. The summed E-state index contributed by atoms with van der Waals surface area (Å²) >= 11 is 6.46. The maximum atomic E-state index is 15.0. The predicted molar refractivity (Wildman–Crippen MR) is 190 cm³/mol. The zero-order chi connectivity index (χ0) is 39.4. The molecule has 0 unspecified atom stereocenters. The van der Waals surface area contributed by atoms with Gasteiger partial charge in [-0.05, 0) is 67.0 Å². The first kappa shape index (κ1) is 38.6. The summed E-state index contributed by atoms with van der Waals surface area (Å²) in [5, 5.41) is 7.88. The lowest BCUT2D eigenvalue weighted by Gasteiger charge is -2.35. The molecule has 4 aromatic rings. The fourth-order valence-electron chi connectivity index (χ4n) is 6.84. The number of carbonyl (C=O) groups excluding carboxylic acids is 2. The van der Waals surface area contributed by atoms with Gasteiger partial charge in [-0.3, -0.25) is 14.5 Å². The van der Waals surface area contributed by atoms with Gasteiger partial charge in [-0.15, -0.1) is 0 Å². The number of nitrogens with zero attached hydrogens (tertiary/aromatic N) is 7. The maximum Gasteiger partial charge on any atom is 0.306 e. The highest BCUT2D eigenvalue weighted by Crippen LogP contribution is 2.59. The van der Waals surface area contributed by atoms with E-state index in [2.05, 4.69) is 21.8 Å². The summed E-state index contributed by atoms with van der Waals surface area (Å²) in [7, 11) is 0. The standard InChI is InChI=1S/C37H38ClF5N8O3/c1-21(39)49-17-24(16-46-49)22-6-9-25(10-7-22)37(19-34(2,3)4)32(53)50(33(44)48-37)28(18-54-29(52)15-36(12-13-36)35(5,42)43)23-8-11-26(38)27(14-23)51-31(30(40)41)45-20-47-51/h6-11,14,16-17,20,28,30H,1,12-13,15,18-19H2,2-5H3,(H2,44,48)/t28-,37-/m1/s1. The van der Waals surface area contributed by atoms with Crippen LogP contribution in [0, 0.1) is 10.8 Å². The average Bonchev–Trinajstić information content (AvgIpc) is 3.40. The van der Waals surface area contributed by atoms with E-state index in [0.29, 0.717) is 16.7 Å². The SMILES string of the molecule is C=C(F)n1cc(-c2ccc([C@@]3(CC(C)(C)C)N=C(N)N([C@H](COC(=O)CC4(C(C)(F)F)CC4)c4ccc(Cl)c(-n5ncnc5C(F)F)c4)C3=O)cc2)cn1. The molecule has 1 aliphatic heterocycles. The van der Waals surface area contributed by atoms with Gasteiger partial charge in [0.25, 0.3) is 18.3 Å². The molecule has 0 saturated heterocycles. The minimum absolute atomic E-state index is 0.0145. The predicted octanol–water partition coefficient (Wildman–Crippen LogP) is 8.02. The molecule has 2 atom stereocenters. The number of halogens is 6. The number of nitrogens with two attached hydrogens (primary N) is 1. The Morgan fingerprint density at radius 1 is 1.07 bits per heavy atom. The molecule has 1 fully saturated rings. The molecule has 0 radical (unpaired) electrons. The van der Waals surface area contributed by atoms with Crippen molar-refractivity contribution in [1.82, 2.24) is 29.4 Å². The van der Waals surface area contributed by atoms with E-state index in [1.54, 1.807) is 24.3 Å². The van der Waals surface area contributed by atoms with Crippen molar-refractivity contribution >= 4 is 35.4 Å². The second-order valence-electron chi connectivity index (χ2n) is 15.0. The number of esters is 1. The fraction of sp³-hybridized carbons (Fsp3) is 0.405. The molecular weight excluding hydrogens is 735 g/mol. The summed E-state index contributed by atoms with van der Waals surface area (Å²) in [6.07, 6.45) is 0.750. The Balaban J connectivity index is 1.40. The molecule has 6 rings (SSSR count).